The molecule has 2 fully saturated rings. The molecule has 3 rings (SSSR count). The Morgan fingerprint density at radius 2 is 1.85 bits per heavy atom. The molecule has 2 aliphatic rings. The van der Waals surface area contributed by atoms with Gasteiger partial charge in [0.2, 0.25) is 5.91 Å². The van der Waals surface area contributed by atoms with Crippen LogP contribution >= 0.6 is 0 Å². The van der Waals surface area contributed by atoms with Crippen LogP contribution in [0.1, 0.15) is 32.3 Å². The second-order valence-corrected chi connectivity index (χ2v) is 7.31. The fourth-order valence-corrected chi connectivity index (χ4v) is 3.45. The minimum atomic E-state index is -1.36. The van der Waals surface area contributed by atoms with Crippen LogP contribution in [0.25, 0.3) is 0 Å². The molecule has 2 heterocycles. The van der Waals surface area contributed by atoms with E-state index < -0.39 is 22.4 Å². The molecule has 1 aromatic carbocycles. The number of nitrogens with zero attached hydrogens (tertiary/aromatic N) is 3. The molecule has 2 saturated heterocycles. The smallest absolute Gasteiger partial charge is 0.325 e. The third-order valence-electron chi connectivity index (χ3n) is 5.36. The number of piperidine rings is 1. The average molecular weight is 374 g/mol. The van der Waals surface area contributed by atoms with Gasteiger partial charge in [-0.05, 0) is 43.4 Å². The number of hydrogen-bond donors (Lipinski definition) is 1. The Hall–Kier alpha value is -2.97. The van der Waals surface area contributed by atoms with E-state index in [0.29, 0.717) is 24.6 Å². The Labute approximate surface area is 156 Å². The molecule has 0 aliphatic carbocycles. The van der Waals surface area contributed by atoms with Gasteiger partial charge in [0.25, 0.3) is 11.6 Å². The van der Waals surface area contributed by atoms with Crippen molar-refractivity contribution in [1.29, 1.82) is 0 Å². The van der Waals surface area contributed by atoms with Crippen molar-refractivity contribution in [3.8, 4) is 0 Å². The number of amides is 4. The Bertz CT molecular complexity index is 785. The quantitative estimate of drug-likeness (QED) is 0.489. The fraction of sp³-hybridized carbons (Fsp3) is 0.500. The Morgan fingerprint density at radius 1 is 1.26 bits per heavy atom. The molecular weight excluding hydrogens is 352 g/mol. The summed E-state index contributed by atoms with van der Waals surface area (Å²) in [6, 6.07) is 4.80. The van der Waals surface area contributed by atoms with Gasteiger partial charge in [-0.25, -0.2) is 4.79 Å². The van der Waals surface area contributed by atoms with E-state index in [1.165, 1.54) is 31.2 Å². The first kappa shape index (κ1) is 18.8. The van der Waals surface area contributed by atoms with Gasteiger partial charge in [0.15, 0.2) is 0 Å². The number of carbonyl (C=O) groups is 3. The van der Waals surface area contributed by atoms with Crippen molar-refractivity contribution in [2.45, 2.75) is 32.2 Å². The number of likely N-dealkylation sites (tertiary alicyclic amines) is 1. The molecule has 0 aromatic heterocycles. The predicted molar refractivity (Wildman–Crippen MR) is 95.7 cm³/mol. The van der Waals surface area contributed by atoms with E-state index in [1.54, 1.807) is 4.90 Å². The van der Waals surface area contributed by atoms with Crippen LogP contribution in [0, 0.1) is 16.0 Å². The van der Waals surface area contributed by atoms with Gasteiger partial charge in [0.1, 0.15) is 12.1 Å². The van der Waals surface area contributed by atoms with E-state index in [-0.39, 0.29) is 18.1 Å². The normalized spacial score (nSPS) is 23.5. The van der Waals surface area contributed by atoms with Crippen molar-refractivity contribution in [3.05, 3.63) is 39.9 Å². The second-order valence-electron chi connectivity index (χ2n) is 7.31. The van der Waals surface area contributed by atoms with E-state index in [0.717, 1.165) is 17.7 Å². The zero-order valence-electron chi connectivity index (χ0n) is 15.3. The summed E-state index contributed by atoms with van der Waals surface area (Å²) in [5.74, 6) is -0.227. The van der Waals surface area contributed by atoms with Gasteiger partial charge in [0, 0.05) is 25.2 Å². The first-order chi connectivity index (χ1) is 12.7. The van der Waals surface area contributed by atoms with Crippen molar-refractivity contribution in [2.75, 3.05) is 19.6 Å². The number of nitro benzene ring substituents is 1. The van der Waals surface area contributed by atoms with Gasteiger partial charge in [-0.2, -0.15) is 0 Å². The Balaban J connectivity index is 1.74. The molecule has 4 amide bonds. The van der Waals surface area contributed by atoms with Crippen LogP contribution in [-0.4, -0.2) is 52.2 Å². The topological polar surface area (TPSA) is 113 Å². The highest BCUT2D eigenvalue weighted by atomic mass is 16.6. The highest BCUT2D eigenvalue weighted by Crippen LogP contribution is 2.30. The van der Waals surface area contributed by atoms with Gasteiger partial charge in [0.05, 0.1) is 4.92 Å². The summed E-state index contributed by atoms with van der Waals surface area (Å²) in [5.41, 5.74) is -1.04. The van der Waals surface area contributed by atoms with Crippen molar-refractivity contribution in [2.24, 2.45) is 5.92 Å². The third kappa shape index (κ3) is 3.49. The summed E-state index contributed by atoms with van der Waals surface area (Å²) in [6.45, 7) is 4.62. The standard InChI is InChI=1S/C18H22N4O5/c1-12-7-9-20(10-8-12)15(23)11-21-16(24)18(2,19-17(21)25)13-3-5-14(6-4-13)22(26)27/h3-6,12H,7-11H2,1-2H3,(H,19,25)/t18-/m0/s1. The van der Waals surface area contributed by atoms with E-state index in [9.17, 15) is 24.5 Å². The molecule has 0 saturated carbocycles. The molecule has 0 unspecified atom stereocenters. The molecule has 144 valence electrons. The highest BCUT2D eigenvalue weighted by molar-refractivity contribution is 6.09. The molecule has 9 heteroatoms. The number of imide groups is 1. The fourth-order valence-electron chi connectivity index (χ4n) is 3.45. The molecule has 1 atom stereocenters. The highest BCUT2D eigenvalue weighted by Gasteiger charge is 2.49. The summed E-state index contributed by atoms with van der Waals surface area (Å²) < 4.78 is 0. The third-order valence-corrected chi connectivity index (χ3v) is 5.36. The van der Waals surface area contributed by atoms with Crippen molar-refractivity contribution < 1.29 is 19.3 Å². The molecule has 0 bridgehead atoms. The van der Waals surface area contributed by atoms with Crippen molar-refractivity contribution >= 4 is 23.5 Å². The summed E-state index contributed by atoms with van der Waals surface area (Å²) in [7, 11) is 0. The summed E-state index contributed by atoms with van der Waals surface area (Å²) in [4.78, 5) is 50.6. The number of carbonyl (C=O) groups excluding carboxylic acids is 3. The van der Waals surface area contributed by atoms with Crippen LogP contribution in [-0.2, 0) is 15.1 Å². The van der Waals surface area contributed by atoms with E-state index in [1.807, 2.05) is 0 Å². The van der Waals surface area contributed by atoms with Crippen LogP contribution < -0.4 is 5.32 Å². The zero-order valence-corrected chi connectivity index (χ0v) is 15.3. The van der Waals surface area contributed by atoms with E-state index in [2.05, 4.69) is 12.2 Å². The van der Waals surface area contributed by atoms with Gasteiger partial charge in [-0.1, -0.05) is 6.92 Å². The lowest BCUT2D eigenvalue weighted by atomic mass is 9.92. The monoisotopic (exact) mass is 374 g/mol. The number of rotatable bonds is 4. The second kappa shape index (κ2) is 6.98. The lowest BCUT2D eigenvalue weighted by Crippen LogP contribution is -2.46. The number of nitro groups is 1. The maximum atomic E-state index is 12.9. The SMILES string of the molecule is CC1CCN(C(=O)CN2C(=O)N[C@@](C)(c3ccc([N+](=O)[O-])cc3)C2=O)CC1. The van der Waals surface area contributed by atoms with Crippen molar-refractivity contribution in [3.63, 3.8) is 0 Å². The van der Waals surface area contributed by atoms with Crippen LogP contribution in [0.5, 0.6) is 0 Å². The number of non-ortho nitro benzene ring substituents is 1. The van der Waals surface area contributed by atoms with Crippen LogP contribution in [0.2, 0.25) is 0 Å². The Kier molecular flexibility index (Phi) is 4.86. The molecule has 27 heavy (non-hydrogen) atoms. The molecule has 2 aliphatic heterocycles. The molecule has 0 spiro atoms. The molecule has 9 nitrogen and oxygen atoms in total. The maximum Gasteiger partial charge on any atom is 0.325 e. The summed E-state index contributed by atoms with van der Waals surface area (Å²) >= 11 is 0. The molecular formula is C18H22N4O5. The largest absolute Gasteiger partial charge is 0.341 e. The van der Waals surface area contributed by atoms with Crippen LogP contribution in [0.3, 0.4) is 0 Å². The number of benzene rings is 1. The van der Waals surface area contributed by atoms with Gasteiger partial charge >= 0.3 is 6.03 Å². The molecule has 1 aromatic rings. The molecule has 0 radical (unpaired) electrons. The molecule has 1 N–H and O–H groups in total. The van der Waals surface area contributed by atoms with Crippen molar-refractivity contribution in [1.82, 2.24) is 15.1 Å². The first-order valence-electron chi connectivity index (χ1n) is 8.89. The lowest BCUT2D eigenvalue weighted by molar-refractivity contribution is -0.384. The number of urea groups is 1. The van der Waals surface area contributed by atoms with E-state index in [4.69, 9.17) is 0 Å². The summed E-state index contributed by atoms with van der Waals surface area (Å²) in [5, 5.41) is 13.4. The lowest BCUT2D eigenvalue weighted by Gasteiger charge is -2.31. The minimum Gasteiger partial charge on any atom is -0.341 e. The average Bonchev–Trinajstić information content (AvgIpc) is 2.86. The van der Waals surface area contributed by atoms with Gasteiger partial charge < -0.3 is 10.2 Å². The maximum absolute atomic E-state index is 12.9. The van der Waals surface area contributed by atoms with Crippen LogP contribution in [0.4, 0.5) is 10.5 Å². The van der Waals surface area contributed by atoms with Crippen LogP contribution in [0.15, 0.2) is 24.3 Å². The first-order valence-corrected chi connectivity index (χ1v) is 8.89. The minimum absolute atomic E-state index is 0.106. The Morgan fingerprint density at radius 3 is 2.41 bits per heavy atom. The number of nitrogens with one attached hydrogen (secondary N) is 1. The van der Waals surface area contributed by atoms with E-state index >= 15 is 0 Å². The predicted octanol–water partition coefficient (Wildman–Crippen LogP) is 1.62. The van der Waals surface area contributed by atoms with Gasteiger partial charge in [-0.3, -0.25) is 24.6 Å². The van der Waals surface area contributed by atoms with Gasteiger partial charge in [-0.15, -0.1) is 0 Å². The summed E-state index contributed by atoms with van der Waals surface area (Å²) in [6.07, 6.45) is 1.82. The zero-order chi connectivity index (χ0) is 19.8. The number of hydrogen-bond acceptors (Lipinski definition) is 5.